The molecule has 2 aromatic rings. The van der Waals surface area contributed by atoms with Gasteiger partial charge in [-0.1, -0.05) is 54.1 Å². The predicted molar refractivity (Wildman–Crippen MR) is 86.0 cm³/mol. The van der Waals surface area contributed by atoms with E-state index < -0.39 is 6.04 Å². The first-order valence-corrected chi connectivity index (χ1v) is 7.21. The molecule has 0 fully saturated rings. The van der Waals surface area contributed by atoms with Gasteiger partial charge in [0, 0.05) is 12.1 Å². The Labute approximate surface area is 130 Å². The molecule has 0 aromatic heterocycles. The van der Waals surface area contributed by atoms with Crippen molar-refractivity contribution in [1.29, 1.82) is 0 Å². The Balaban J connectivity index is 2.15. The fraction of sp³-hybridized carbons (Fsp3) is 0.235. The van der Waals surface area contributed by atoms with Crippen LogP contribution in [0.5, 0.6) is 0 Å². The van der Waals surface area contributed by atoms with Crippen LogP contribution in [0.15, 0.2) is 54.6 Å². The van der Waals surface area contributed by atoms with Crippen LogP contribution in [-0.4, -0.2) is 17.9 Å². The summed E-state index contributed by atoms with van der Waals surface area (Å²) in [4.78, 5) is 14.2. The Morgan fingerprint density at radius 3 is 2.33 bits per heavy atom. The number of amides is 1. The number of likely N-dealkylation sites (N-methyl/N-ethyl adjacent to an activating group) is 1. The SMILES string of the molecule is CC(c1cccc(Cl)c1)N(C)C(=O)C(N)c1ccccc1. The van der Waals surface area contributed by atoms with E-state index >= 15 is 0 Å². The van der Waals surface area contributed by atoms with Gasteiger partial charge in [0.1, 0.15) is 6.04 Å². The highest BCUT2D eigenvalue weighted by molar-refractivity contribution is 6.30. The van der Waals surface area contributed by atoms with Crippen LogP contribution in [0.2, 0.25) is 5.02 Å². The number of carbonyl (C=O) groups is 1. The molecule has 1 amide bonds. The van der Waals surface area contributed by atoms with Crippen LogP contribution < -0.4 is 5.73 Å². The number of rotatable bonds is 4. The lowest BCUT2D eigenvalue weighted by Crippen LogP contribution is -2.37. The minimum absolute atomic E-state index is 0.0917. The second-order valence-electron chi connectivity index (χ2n) is 5.07. The van der Waals surface area contributed by atoms with E-state index in [1.54, 1.807) is 11.9 Å². The van der Waals surface area contributed by atoms with Crippen molar-refractivity contribution in [3.8, 4) is 0 Å². The molecule has 0 aliphatic heterocycles. The van der Waals surface area contributed by atoms with E-state index in [1.165, 1.54) is 0 Å². The number of hydrogen-bond donors (Lipinski definition) is 1. The van der Waals surface area contributed by atoms with Crippen molar-refractivity contribution < 1.29 is 4.79 Å². The Hall–Kier alpha value is -1.84. The quantitative estimate of drug-likeness (QED) is 0.938. The van der Waals surface area contributed by atoms with Crippen LogP contribution in [0.1, 0.15) is 30.1 Å². The van der Waals surface area contributed by atoms with Crippen LogP contribution in [0.3, 0.4) is 0 Å². The highest BCUT2D eigenvalue weighted by Gasteiger charge is 2.24. The molecule has 0 spiro atoms. The zero-order valence-corrected chi connectivity index (χ0v) is 12.9. The van der Waals surface area contributed by atoms with Gasteiger partial charge in [0.25, 0.3) is 0 Å². The van der Waals surface area contributed by atoms with Crippen molar-refractivity contribution in [2.45, 2.75) is 19.0 Å². The van der Waals surface area contributed by atoms with Crippen LogP contribution in [0.25, 0.3) is 0 Å². The highest BCUT2D eigenvalue weighted by Crippen LogP contribution is 2.24. The maximum atomic E-state index is 12.5. The predicted octanol–water partition coefficient (Wildman–Crippen LogP) is 3.56. The van der Waals surface area contributed by atoms with Crippen molar-refractivity contribution in [2.75, 3.05) is 7.05 Å². The molecular weight excluding hydrogens is 284 g/mol. The molecule has 110 valence electrons. The molecule has 0 radical (unpaired) electrons. The van der Waals surface area contributed by atoms with Crippen molar-refractivity contribution in [3.63, 3.8) is 0 Å². The normalized spacial score (nSPS) is 13.5. The van der Waals surface area contributed by atoms with Gasteiger partial charge in [0.05, 0.1) is 6.04 Å². The van der Waals surface area contributed by atoms with Gasteiger partial charge in [0.15, 0.2) is 0 Å². The van der Waals surface area contributed by atoms with Gasteiger partial charge in [-0.15, -0.1) is 0 Å². The van der Waals surface area contributed by atoms with Crippen molar-refractivity contribution in [3.05, 3.63) is 70.7 Å². The molecule has 3 nitrogen and oxygen atoms in total. The average Bonchev–Trinajstić information content (AvgIpc) is 2.53. The molecule has 0 saturated heterocycles. The minimum atomic E-state index is -0.655. The summed E-state index contributed by atoms with van der Waals surface area (Å²) in [7, 11) is 1.76. The third-order valence-corrected chi connectivity index (χ3v) is 3.92. The van der Waals surface area contributed by atoms with E-state index in [4.69, 9.17) is 17.3 Å². The largest absolute Gasteiger partial charge is 0.337 e. The molecule has 0 heterocycles. The van der Waals surface area contributed by atoms with Crippen molar-refractivity contribution in [2.24, 2.45) is 5.73 Å². The maximum absolute atomic E-state index is 12.5. The summed E-state index contributed by atoms with van der Waals surface area (Å²) in [6, 6.07) is 16.1. The van der Waals surface area contributed by atoms with E-state index in [1.807, 2.05) is 61.5 Å². The van der Waals surface area contributed by atoms with E-state index in [-0.39, 0.29) is 11.9 Å². The summed E-state index contributed by atoms with van der Waals surface area (Å²) in [5, 5.41) is 0.660. The lowest BCUT2D eigenvalue weighted by Gasteiger charge is -2.28. The van der Waals surface area contributed by atoms with Gasteiger partial charge in [-0.2, -0.15) is 0 Å². The van der Waals surface area contributed by atoms with Crippen LogP contribution in [-0.2, 0) is 4.79 Å². The summed E-state index contributed by atoms with van der Waals surface area (Å²) in [5.41, 5.74) is 7.87. The number of carbonyl (C=O) groups excluding carboxylic acids is 1. The number of hydrogen-bond acceptors (Lipinski definition) is 2. The molecule has 2 aromatic carbocycles. The third-order valence-electron chi connectivity index (χ3n) is 3.68. The molecule has 4 heteroatoms. The molecule has 2 rings (SSSR count). The molecule has 0 bridgehead atoms. The lowest BCUT2D eigenvalue weighted by molar-refractivity contribution is -0.133. The van der Waals surface area contributed by atoms with E-state index in [9.17, 15) is 4.79 Å². The van der Waals surface area contributed by atoms with Gasteiger partial charge < -0.3 is 10.6 Å². The molecule has 0 aliphatic carbocycles. The fourth-order valence-electron chi connectivity index (χ4n) is 2.20. The smallest absolute Gasteiger partial charge is 0.244 e. The standard InChI is InChI=1S/C17H19ClN2O/c1-12(14-9-6-10-15(18)11-14)20(2)17(21)16(19)13-7-4-3-5-8-13/h3-12,16H,19H2,1-2H3. The number of halogens is 1. The van der Waals surface area contributed by atoms with Gasteiger partial charge in [-0.25, -0.2) is 0 Å². The molecule has 2 atom stereocenters. The fourth-order valence-corrected chi connectivity index (χ4v) is 2.40. The topological polar surface area (TPSA) is 46.3 Å². The summed E-state index contributed by atoms with van der Waals surface area (Å²) in [6.45, 7) is 1.96. The van der Waals surface area contributed by atoms with Gasteiger partial charge in [0.2, 0.25) is 5.91 Å². The zero-order chi connectivity index (χ0) is 15.4. The highest BCUT2D eigenvalue weighted by atomic mass is 35.5. The van der Waals surface area contributed by atoms with Crippen molar-refractivity contribution >= 4 is 17.5 Å². The van der Waals surface area contributed by atoms with Gasteiger partial charge in [-0.3, -0.25) is 4.79 Å². The molecule has 0 aliphatic rings. The van der Waals surface area contributed by atoms with Crippen molar-refractivity contribution in [1.82, 2.24) is 4.90 Å². The van der Waals surface area contributed by atoms with Crippen LogP contribution in [0.4, 0.5) is 0 Å². The van der Waals surface area contributed by atoms with E-state index in [2.05, 4.69) is 0 Å². The first-order chi connectivity index (χ1) is 10.0. The Bertz CT molecular complexity index is 615. The van der Waals surface area contributed by atoms with E-state index in [0.29, 0.717) is 5.02 Å². The third kappa shape index (κ3) is 3.63. The molecule has 2 unspecified atom stereocenters. The summed E-state index contributed by atoms with van der Waals surface area (Å²) in [5.74, 6) is -0.117. The Kier molecular flexibility index (Phi) is 4.99. The minimum Gasteiger partial charge on any atom is -0.337 e. The lowest BCUT2D eigenvalue weighted by atomic mass is 10.0. The second-order valence-corrected chi connectivity index (χ2v) is 5.50. The number of benzene rings is 2. The molecule has 2 N–H and O–H groups in total. The number of nitrogens with zero attached hydrogens (tertiary/aromatic N) is 1. The Morgan fingerprint density at radius 2 is 1.71 bits per heavy atom. The van der Waals surface area contributed by atoms with Crippen LogP contribution >= 0.6 is 11.6 Å². The summed E-state index contributed by atoms with van der Waals surface area (Å²) in [6.07, 6.45) is 0. The van der Waals surface area contributed by atoms with Gasteiger partial charge >= 0.3 is 0 Å². The Morgan fingerprint density at radius 1 is 1.10 bits per heavy atom. The molecule has 21 heavy (non-hydrogen) atoms. The van der Waals surface area contributed by atoms with Crippen LogP contribution in [0, 0.1) is 0 Å². The first-order valence-electron chi connectivity index (χ1n) is 6.83. The summed E-state index contributed by atoms with van der Waals surface area (Å²) >= 11 is 6.00. The zero-order valence-electron chi connectivity index (χ0n) is 12.2. The van der Waals surface area contributed by atoms with Gasteiger partial charge in [-0.05, 0) is 30.2 Å². The molecular formula is C17H19ClN2O. The number of nitrogens with two attached hydrogens (primary N) is 1. The summed E-state index contributed by atoms with van der Waals surface area (Å²) < 4.78 is 0. The maximum Gasteiger partial charge on any atom is 0.244 e. The monoisotopic (exact) mass is 302 g/mol. The second kappa shape index (κ2) is 6.74. The van der Waals surface area contributed by atoms with E-state index in [0.717, 1.165) is 11.1 Å². The average molecular weight is 303 g/mol. The first kappa shape index (κ1) is 15.5. The molecule has 0 saturated carbocycles.